The molecule has 2 heterocycles. The van der Waals surface area contributed by atoms with Gasteiger partial charge in [-0.3, -0.25) is 4.79 Å². The van der Waals surface area contributed by atoms with Crippen LogP contribution >= 0.6 is 0 Å². The summed E-state index contributed by atoms with van der Waals surface area (Å²) in [6.45, 7) is 2.14. The van der Waals surface area contributed by atoms with Gasteiger partial charge in [-0.05, 0) is 79.3 Å². The zero-order chi connectivity index (χ0) is 21.7. The van der Waals surface area contributed by atoms with Crippen molar-refractivity contribution in [3.63, 3.8) is 0 Å². The Kier molecular flexibility index (Phi) is 4.46. The molecule has 6 rings (SSSR count). The van der Waals surface area contributed by atoms with Crippen LogP contribution in [0.25, 0.3) is 33.3 Å². The summed E-state index contributed by atoms with van der Waals surface area (Å²) in [6, 6.07) is 17.7. The van der Waals surface area contributed by atoms with Crippen molar-refractivity contribution >= 4 is 16.8 Å². The van der Waals surface area contributed by atoms with Crippen molar-refractivity contribution in [1.82, 2.24) is 19.9 Å². The molecular formula is C27H28N4O. The van der Waals surface area contributed by atoms with E-state index in [0.717, 1.165) is 48.9 Å². The van der Waals surface area contributed by atoms with Gasteiger partial charge in [-0.1, -0.05) is 30.3 Å². The standard InChI is InChI=1S/C27H28N4O/c1-27(11-12-27)30-26(32)22-6-8-23(15-22)31-17-28-16-25(31)19-4-2-18(3-5-19)20-7-9-24-21(14-20)10-13-29-24/h2-5,7,9-10,13-14,16-17,22-23,29H,6,8,11-12,15H2,1H3,(H,30,32). The van der Waals surface area contributed by atoms with Gasteiger partial charge in [0.1, 0.15) is 0 Å². The first-order valence-corrected chi connectivity index (χ1v) is 11.6. The molecule has 4 aromatic rings. The van der Waals surface area contributed by atoms with Gasteiger partial charge in [0.15, 0.2) is 0 Å². The first-order chi connectivity index (χ1) is 15.6. The Morgan fingerprint density at radius 2 is 1.84 bits per heavy atom. The fraction of sp³-hybridized carbons (Fsp3) is 0.333. The number of amides is 1. The summed E-state index contributed by atoms with van der Waals surface area (Å²) < 4.78 is 2.27. The Morgan fingerprint density at radius 3 is 2.66 bits per heavy atom. The number of imidazole rings is 1. The molecule has 2 fully saturated rings. The van der Waals surface area contributed by atoms with Crippen molar-refractivity contribution in [1.29, 1.82) is 0 Å². The molecule has 5 nitrogen and oxygen atoms in total. The molecule has 2 aliphatic rings. The summed E-state index contributed by atoms with van der Waals surface area (Å²) in [5, 5.41) is 4.47. The van der Waals surface area contributed by atoms with Gasteiger partial charge in [0.2, 0.25) is 5.91 Å². The number of carbonyl (C=O) groups is 1. The molecule has 0 aliphatic heterocycles. The molecule has 2 aromatic carbocycles. The molecule has 2 unspecified atom stereocenters. The Bertz CT molecular complexity index is 1280. The zero-order valence-electron chi connectivity index (χ0n) is 18.3. The van der Waals surface area contributed by atoms with Gasteiger partial charge < -0.3 is 14.9 Å². The molecule has 2 atom stereocenters. The third kappa shape index (κ3) is 3.52. The Labute approximate surface area is 187 Å². The lowest BCUT2D eigenvalue weighted by molar-refractivity contribution is -0.125. The maximum Gasteiger partial charge on any atom is 0.223 e. The maximum absolute atomic E-state index is 12.7. The minimum atomic E-state index is 0.0582. The Morgan fingerprint density at radius 1 is 1.06 bits per heavy atom. The van der Waals surface area contributed by atoms with Crippen LogP contribution in [0.5, 0.6) is 0 Å². The van der Waals surface area contributed by atoms with Crippen molar-refractivity contribution in [2.75, 3.05) is 0 Å². The fourth-order valence-corrected chi connectivity index (χ4v) is 5.05. The molecule has 0 spiro atoms. The monoisotopic (exact) mass is 424 g/mol. The topological polar surface area (TPSA) is 62.7 Å². The summed E-state index contributed by atoms with van der Waals surface area (Å²) in [6.07, 6.45) is 10.9. The lowest BCUT2D eigenvalue weighted by Gasteiger charge is -2.18. The lowest BCUT2D eigenvalue weighted by atomic mass is 10.0. The number of nitrogens with zero attached hydrogens (tertiary/aromatic N) is 2. The number of hydrogen-bond donors (Lipinski definition) is 2. The summed E-state index contributed by atoms with van der Waals surface area (Å²) >= 11 is 0. The predicted molar refractivity (Wildman–Crippen MR) is 127 cm³/mol. The first kappa shape index (κ1) is 19.4. The van der Waals surface area contributed by atoms with Crippen LogP contribution in [-0.2, 0) is 4.79 Å². The number of hydrogen-bond acceptors (Lipinski definition) is 2. The highest BCUT2D eigenvalue weighted by atomic mass is 16.2. The molecule has 2 aliphatic carbocycles. The minimum Gasteiger partial charge on any atom is -0.361 e. The normalized spacial score (nSPS) is 21.7. The molecule has 2 saturated carbocycles. The fourth-order valence-electron chi connectivity index (χ4n) is 5.05. The van der Waals surface area contributed by atoms with Gasteiger partial charge in [-0.15, -0.1) is 0 Å². The van der Waals surface area contributed by atoms with Crippen LogP contribution in [0.1, 0.15) is 45.1 Å². The SMILES string of the molecule is CC1(NC(=O)C2CCC(n3cncc3-c3ccc(-c4ccc5[nH]ccc5c4)cc3)C2)CC1. The number of nitrogens with one attached hydrogen (secondary N) is 2. The largest absolute Gasteiger partial charge is 0.361 e. The van der Waals surface area contributed by atoms with E-state index in [1.807, 2.05) is 18.7 Å². The number of rotatable bonds is 5. The van der Waals surface area contributed by atoms with Gasteiger partial charge in [0.05, 0.1) is 18.2 Å². The predicted octanol–water partition coefficient (Wildman–Crippen LogP) is 5.71. The van der Waals surface area contributed by atoms with Crippen LogP contribution < -0.4 is 5.32 Å². The number of H-pyrrole nitrogens is 1. The van der Waals surface area contributed by atoms with Crippen LogP contribution in [-0.4, -0.2) is 26.0 Å². The van der Waals surface area contributed by atoms with E-state index in [9.17, 15) is 4.79 Å². The highest BCUT2D eigenvalue weighted by molar-refractivity contribution is 5.85. The summed E-state index contributed by atoms with van der Waals surface area (Å²) in [5.41, 5.74) is 5.91. The van der Waals surface area contributed by atoms with E-state index in [2.05, 4.69) is 75.3 Å². The summed E-state index contributed by atoms with van der Waals surface area (Å²) in [4.78, 5) is 20.4. The first-order valence-electron chi connectivity index (χ1n) is 11.6. The second-order valence-electron chi connectivity index (χ2n) is 9.76. The van der Waals surface area contributed by atoms with Gasteiger partial charge in [0, 0.05) is 29.2 Å². The van der Waals surface area contributed by atoms with Gasteiger partial charge in [0.25, 0.3) is 0 Å². The molecule has 5 heteroatoms. The van der Waals surface area contributed by atoms with E-state index in [1.165, 1.54) is 16.5 Å². The third-order valence-corrected chi connectivity index (χ3v) is 7.33. The van der Waals surface area contributed by atoms with Crippen molar-refractivity contribution in [3.05, 3.63) is 67.3 Å². The molecule has 0 saturated heterocycles. The highest BCUT2D eigenvalue weighted by Crippen LogP contribution is 2.40. The molecule has 2 N–H and O–H groups in total. The van der Waals surface area contributed by atoms with Gasteiger partial charge in [-0.25, -0.2) is 4.98 Å². The van der Waals surface area contributed by atoms with E-state index < -0.39 is 0 Å². The van der Waals surface area contributed by atoms with Crippen molar-refractivity contribution in [2.24, 2.45) is 5.92 Å². The molecule has 1 amide bonds. The smallest absolute Gasteiger partial charge is 0.223 e. The van der Waals surface area contributed by atoms with Crippen molar-refractivity contribution in [2.45, 2.75) is 50.6 Å². The number of aromatic amines is 1. The summed E-state index contributed by atoms with van der Waals surface area (Å²) in [5.74, 6) is 0.344. The van der Waals surface area contributed by atoms with E-state index in [0.29, 0.717) is 6.04 Å². The van der Waals surface area contributed by atoms with Crippen molar-refractivity contribution < 1.29 is 4.79 Å². The van der Waals surface area contributed by atoms with E-state index in [4.69, 9.17) is 0 Å². The molecular weight excluding hydrogens is 396 g/mol. The second-order valence-corrected chi connectivity index (χ2v) is 9.76. The van der Waals surface area contributed by atoms with Gasteiger partial charge in [-0.2, -0.15) is 0 Å². The number of fused-ring (bicyclic) bond motifs is 1. The zero-order valence-corrected chi connectivity index (χ0v) is 18.3. The number of aromatic nitrogens is 3. The van der Waals surface area contributed by atoms with Crippen LogP contribution in [0.15, 0.2) is 67.3 Å². The quantitative estimate of drug-likeness (QED) is 0.431. The van der Waals surface area contributed by atoms with E-state index in [-0.39, 0.29) is 17.4 Å². The van der Waals surface area contributed by atoms with Crippen LogP contribution in [0.3, 0.4) is 0 Å². The minimum absolute atomic E-state index is 0.0582. The number of benzene rings is 2. The lowest BCUT2D eigenvalue weighted by Crippen LogP contribution is -2.38. The van der Waals surface area contributed by atoms with E-state index in [1.54, 1.807) is 0 Å². The van der Waals surface area contributed by atoms with Gasteiger partial charge >= 0.3 is 0 Å². The molecule has 0 radical (unpaired) electrons. The number of carbonyl (C=O) groups excluding carboxylic acids is 1. The molecule has 32 heavy (non-hydrogen) atoms. The molecule has 0 bridgehead atoms. The Balaban J connectivity index is 1.20. The van der Waals surface area contributed by atoms with Crippen LogP contribution in [0, 0.1) is 5.92 Å². The molecule has 162 valence electrons. The second kappa shape index (κ2) is 7.37. The van der Waals surface area contributed by atoms with Crippen LogP contribution in [0.4, 0.5) is 0 Å². The average molecular weight is 425 g/mol. The summed E-state index contributed by atoms with van der Waals surface area (Å²) in [7, 11) is 0. The van der Waals surface area contributed by atoms with Crippen molar-refractivity contribution in [3.8, 4) is 22.4 Å². The third-order valence-electron chi connectivity index (χ3n) is 7.33. The molecule has 2 aromatic heterocycles. The highest BCUT2D eigenvalue weighted by Gasteiger charge is 2.41. The Hall–Kier alpha value is -3.34. The average Bonchev–Trinajstić information content (AvgIpc) is 3.28. The van der Waals surface area contributed by atoms with Crippen LogP contribution in [0.2, 0.25) is 0 Å². The van der Waals surface area contributed by atoms with E-state index >= 15 is 0 Å². The maximum atomic E-state index is 12.7.